The highest BCUT2D eigenvalue weighted by Gasteiger charge is 2.38. The first-order chi connectivity index (χ1) is 17.6. The molecule has 3 aromatic rings. The first kappa shape index (κ1) is 22.5. The molecule has 1 aromatic heterocycles. The fourth-order valence-electron chi connectivity index (χ4n) is 5.07. The van der Waals surface area contributed by atoms with Crippen LogP contribution in [0.15, 0.2) is 36.4 Å². The summed E-state index contributed by atoms with van der Waals surface area (Å²) >= 11 is 0. The van der Waals surface area contributed by atoms with Gasteiger partial charge in [0.05, 0.1) is 5.56 Å². The van der Waals surface area contributed by atoms with E-state index in [2.05, 4.69) is 15.5 Å². The minimum Gasteiger partial charge on any atom is -0.486 e. The minimum absolute atomic E-state index is 0.282. The Hall–Kier alpha value is -3.95. The van der Waals surface area contributed by atoms with E-state index < -0.39 is 17.6 Å². The molecular weight excluding hydrogens is 465 g/mol. The van der Waals surface area contributed by atoms with Crippen molar-refractivity contribution in [3.05, 3.63) is 48.0 Å². The van der Waals surface area contributed by atoms with Crippen LogP contribution in [0, 0.1) is 11.7 Å². The third-order valence-electron chi connectivity index (χ3n) is 6.94. The number of aromatic nitrogens is 3. The van der Waals surface area contributed by atoms with Crippen molar-refractivity contribution in [1.29, 1.82) is 0 Å². The molecule has 2 amide bonds. The van der Waals surface area contributed by atoms with Crippen molar-refractivity contribution in [3.63, 3.8) is 0 Å². The second kappa shape index (κ2) is 9.25. The third kappa shape index (κ3) is 4.06. The van der Waals surface area contributed by atoms with E-state index >= 15 is 0 Å². The Morgan fingerprint density at radius 3 is 2.75 bits per heavy atom. The van der Waals surface area contributed by atoms with E-state index in [-0.39, 0.29) is 11.5 Å². The van der Waals surface area contributed by atoms with Gasteiger partial charge in [-0.2, -0.15) is 0 Å². The molecule has 1 fully saturated rings. The minimum atomic E-state index is -0.837. The number of nitrogens with zero attached hydrogens (tertiary/aromatic N) is 4. The van der Waals surface area contributed by atoms with Gasteiger partial charge in [-0.15, -0.1) is 10.2 Å². The number of aryl methyl sites for hydroxylation is 1. The van der Waals surface area contributed by atoms with Gasteiger partial charge < -0.3 is 24.3 Å². The van der Waals surface area contributed by atoms with Crippen LogP contribution in [0.1, 0.15) is 31.5 Å². The Bertz CT molecular complexity index is 1340. The quantitative estimate of drug-likeness (QED) is 0.561. The van der Waals surface area contributed by atoms with Crippen LogP contribution in [0.2, 0.25) is 0 Å². The predicted octanol–water partition coefficient (Wildman–Crippen LogP) is 3.57. The number of anilines is 2. The second-order valence-corrected chi connectivity index (χ2v) is 9.25. The maximum absolute atomic E-state index is 14.8. The summed E-state index contributed by atoms with van der Waals surface area (Å²) in [4.78, 5) is 27.8. The zero-order valence-electron chi connectivity index (χ0n) is 19.7. The molecule has 0 bridgehead atoms. The first-order valence-electron chi connectivity index (χ1n) is 12.3. The average molecular weight is 492 g/mol. The molecule has 6 rings (SSSR count). The van der Waals surface area contributed by atoms with E-state index in [0.29, 0.717) is 54.9 Å². The van der Waals surface area contributed by atoms with Crippen LogP contribution < -0.4 is 19.7 Å². The van der Waals surface area contributed by atoms with Crippen molar-refractivity contribution in [1.82, 2.24) is 14.8 Å². The Balaban J connectivity index is 1.19. The molecule has 36 heavy (non-hydrogen) atoms. The number of amides is 2. The molecule has 9 nitrogen and oxygen atoms in total. The van der Waals surface area contributed by atoms with E-state index in [9.17, 15) is 14.0 Å². The number of fused-ring (bicyclic) bond motifs is 2. The van der Waals surface area contributed by atoms with Gasteiger partial charge >= 0.3 is 0 Å². The molecule has 1 N–H and O–H groups in total. The lowest BCUT2D eigenvalue weighted by atomic mass is 10.1. The maximum atomic E-state index is 14.8. The van der Waals surface area contributed by atoms with Gasteiger partial charge in [-0.1, -0.05) is 6.42 Å². The van der Waals surface area contributed by atoms with Crippen LogP contribution in [-0.4, -0.2) is 46.3 Å². The summed E-state index contributed by atoms with van der Waals surface area (Å²) in [6, 6.07) is 9.69. The number of hydrogen-bond donors (Lipinski definition) is 1. The fraction of sp³-hybridized carbons (Fsp3) is 0.385. The second-order valence-electron chi connectivity index (χ2n) is 9.25. The Labute approximate surface area is 207 Å². The summed E-state index contributed by atoms with van der Waals surface area (Å²) in [7, 11) is 0. The van der Waals surface area contributed by atoms with Gasteiger partial charge in [-0.05, 0) is 49.6 Å². The Morgan fingerprint density at radius 1 is 1.00 bits per heavy atom. The summed E-state index contributed by atoms with van der Waals surface area (Å²) in [5.41, 5.74) is 1.35. The van der Waals surface area contributed by atoms with Crippen LogP contribution in [-0.2, 0) is 22.6 Å². The maximum Gasteiger partial charge on any atom is 0.239 e. The van der Waals surface area contributed by atoms with E-state index in [4.69, 9.17) is 9.47 Å². The summed E-state index contributed by atoms with van der Waals surface area (Å²) in [6.07, 6.45) is 4.31. The van der Waals surface area contributed by atoms with Gasteiger partial charge in [-0.3, -0.25) is 9.59 Å². The van der Waals surface area contributed by atoms with Crippen LogP contribution in [0.5, 0.6) is 11.5 Å². The smallest absolute Gasteiger partial charge is 0.239 e. The number of benzene rings is 2. The monoisotopic (exact) mass is 491 g/mol. The number of hydrogen-bond acceptors (Lipinski definition) is 6. The first-order valence-corrected chi connectivity index (χ1v) is 12.3. The highest BCUT2D eigenvalue weighted by molar-refractivity contribution is 6.13. The van der Waals surface area contributed by atoms with Gasteiger partial charge in [0.25, 0.3) is 0 Å². The summed E-state index contributed by atoms with van der Waals surface area (Å²) < 4.78 is 27.9. The SMILES string of the molecule is O=C(Nc1ccc(F)c(-c2nnc3n2CCCCC3)c1)C1CCN(c2ccc3c(c2)OCCO3)C1=O. The normalized spacial score (nSPS) is 19.1. The summed E-state index contributed by atoms with van der Waals surface area (Å²) in [6.45, 7) is 2.09. The van der Waals surface area contributed by atoms with Gasteiger partial charge in [0.1, 0.15) is 30.8 Å². The molecule has 3 aliphatic heterocycles. The molecule has 0 radical (unpaired) electrons. The lowest BCUT2D eigenvalue weighted by molar-refractivity contribution is -0.129. The highest BCUT2D eigenvalue weighted by Crippen LogP contribution is 2.36. The molecule has 2 aromatic carbocycles. The number of nitrogens with one attached hydrogen (secondary N) is 1. The number of carbonyl (C=O) groups excluding carboxylic acids is 2. The number of halogens is 1. The molecule has 186 valence electrons. The van der Waals surface area contributed by atoms with Crippen molar-refractivity contribution >= 4 is 23.2 Å². The highest BCUT2D eigenvalue weighted by atomic mass is 19.1. The summed E-state index contributed by atoms with van der Waals surface area (Å²) in [5, 5.41) is 11.3. The van der Waals surface area contributed by atoms with Gasteiger partial charge in [0, 0.05) is 37.0 Å². The van der Waals surface area contributed by atoms with Crippen molar-refractivity contribution in [3.8, 4) is 22.9 Å². The molecule has 0 spiro atoms. The van der Waals surface area contributed by atoms with Crippen molar-refractivity contribution in [2.45, 2.75) is 38.6 Å². The van der Waals surface area contributed by atoms with E-state index in [0.717, 1.165) is 38.1 Å². The Morgan fingerprint density at radius 2 is 1.86 bits per heavy atom. The largest absolute Gasteiger partial charge is 0.486 e. The fourth-order valence-corrected chi connectivity index (χ4v) is 5.07. The molecule has 1 unspecified atom stereocenters. The van der Waals surface area contributed by atoms with Gasteiger partial charge in [0.15, 0.2) is 17.3 Å². The Kier molecular flexibility index (Phi) is 5.79. The topological polar surface area (TPSA) is 98.6 Å². The number of carbonyl (C=O) groups is 2. The third-order valence-corrected chi connectivity index (χ3v) is 6.94. The summed E-state index contributed by atoms with van der Waals surface area (Å²) in [5.74, 6) is 0.568. The lowest BCUT2D eigenvalue weighted by Gasteiger charge is -2.22. The van der Waals surface area contributed by atoms with Crippen molar-refractivity contribution in [2.24, 2.45) is 5.92 Å². The van der Waals surface area contributed by atoms with Crippen LogP contribution in [0.4, 0.5) is 15.8 Å². The van der Waals surface area contributed by atoms with E-state index in [1.54, 1.807) is 29.2 Å². The van der Waals surface area contributed by atoms with E-state index in [1.807, 2.05) is 4.57 Å². The van der Waals surface area contributed by atoms with Gasteiger partial charge in [0.2, 0.25) is 11.8 Å². The molecule has 1 saturated heterocycles. The van der Waals surface area contributed by atoms with Crippen LogP contribution in [0.3, 0.4) is 0 Å². The zero-order valence-corrected chi connectivity index (χ0v) is 19.7. The molecule has 1 atom stereocenters. The van der Waals surface area contributed by atoms with Crippen LogP contribution in [0.25, 0.3) is 11.4 Å². The van der Waals surface area contributed by atoms with E-state index in [1.165, 1.54) is 12.1 Å². The lowest BCUT2D eigenvalue weighted by Crippen LogP contribution is -2.33. The molecule has 3 aliphatic rings. The van der Waals surface area contributed by atoms with Crippen molar-refractivity contribution < 1.29 is 23.5 Å². The molecule has 0 aliphatic carbocycles. The number of rotatable bonds is 4. The average Bonchev–Trinajstić information content (AvgIpc) is 3.39. The van der Waals surface area contributed by atoms with Crippen LogP contribution >= 0.6 is 0 Å². The molecule has 0 saturated carbocycles. The van der Waals surface area contributed by atoms with Crippen molar-refractivity contribution in [2.75, 3.05) is 30.0 Å². The molecule has 10 heteroatoms. The molecular formula is C26H26FN5O4. The number of ether oxygens (including phenoxy) is 2. The molecule has 4 heterocycles. The standard InChI is InChI=1S/C26H26FN5O4/c27-20-7-5-16(14-19(20)24-30-29-23-4-2-1-3-10-32(23)24)28-25(33)18-9-11-31(26(18)34)17-6-8-21-22(15-17)36-13-12-35-21/h5-8,14-15,18H,1-4,9-13H2,(H,28,33). The van der Waals surface area contributed by atoms with Gasteiger partial charge in [-0.25, -0.2) is 4.39 Å². The predicted molar refractivity (Wildman–Crippen MR) is 129 cm³/mol. The zero-order chi connectivity index (χ0) is 24.6.